The summed E-state index contributed by atoms with van der Waals surface area (Å²) < 4.78 is 0. The normalized spacial score (nSPS) is 4.00. The fraction of sp³-hybridized carbons (Fsp3) is 0. The Hall–Kier alpha value is -0.251. The minimum absolute atomic E-state index is 0. The van der Waals surface area contributed by atoms with Crippen molar-refractivity contribution in [3.05, 3.63) is 0 Å². The summed E-state index contributed by atoms with van der Waals surface area (Å²) >= 11 is 0. The van der Waals surface area contributed by atoms with Crippen LogP contribution in [0.15, 0.2) is 0 Å². The molecule has 0 atom stereocenters. The first-order chi connectivity index (χ1) is 1.73. The standard InChI is InChI=1S/CH2O3.Cu.H2O/c2-1(3)4;;/h(H2,2,3,4);;1H2/q;+2;/p-2. The second-order valence-corrected chi connectivity index (χ2v) is 0.266. The first-order valence-corrected chi connectivity index (χ1v) is 0.632. The van der Waals surface area contributed by atoms with Crippen molar-refractivity contribution in [2.45, 2.75) is 0 Å². The van der Waals surface area contributed by atoms with Crippen molar-refractivity contribution < 1.29 is 37.6 Å². The monoisotopic (exact) mass is 141 g/mol. The summed E-state index contributed by atoms with van der Waals surface area (Å²) in [5.41, 5.74) is 0. The summed E-state index contributed by atoms with van der Waals surface area (Å²) in [7, 11) is 0. The van der Waals surface area contributed by atoms with Gasteiger partial charge in [0.05, 0.1) is 0 Å². The molecule has 0 bridgehead atoms. The fourth-order valence-corrected chi connectivity index (χ4v) is 0. The van der Waals surface area contributed by atoms with Crippen molar-refractivity contribution in [1.82, 2.24) is 0 Å². The molecule has 0 saturated carbocycles. The molecule has 0 aromatic heterocycles. The Morgan fingerprint density at radius 3 is 1.67 bits per heavy atom. The maximum absolute atomic E-state index is 8.44. The Balaban J connectivity index is -0.0000000450. The number of hydrogen-bond donors (Lipinski definition) is 1. The molecule has 0 heterocycles. The molecule has 2 N–H and O–H groups in total. The molecule has 5 heteroatoms. The molecule has 0 unspecified atom stereocenters. The van der Waals surface area contributed by atoms with E-state index in [9.17, 15) is 0 Å². The van der Waals surface area contributed by atoms with E-state index >= 15 is 0 Å². The minimum Gasteiger partial charge on any atom is -0.870 e. The van der Waals surface area contributed by atoms with Gasteiger partial charge >= 0.3 is 17.1 Å². The summed E-state index contributed by atoms with van der Waals surface area (Å²) in [6.45, 7) is 0. The maximum atomic E-state index is 8.44. The Kier molecular flexibility index (Phi) is 25.3. The molecule has 0 fully saturated rings. The minimum atomic E-state index is -2.08. The topological polar surface area (TPSA) is 90.4 Å². The van der Waals surface area contributed by atoms with Crippen LogP contribution < -0.4 is 5.11 Å². The Labute approximate surface area is 44.6 Å². The molecule has 0 rings (SSSR count). The van der Waals surface area contributed by atoms with Gasteiger partial charge in [-0.05, 0) is 0 Å². The largest absolute Gasteiger partial charge is 2.00 e. The van der Waals surface area contributed by atoms with Crippen LogP contribution in [-0.2, 0) is 17.1 Å². The van der Waals surface area contributed by atoms with Gasteiger partial charge in [-0.25, -0.2) is 0 Å². The van der Waals surface area contributed by atoms with Crippen LogP contribution in [0.4, 0.5) is 4.79 Å². The van der Waals surface area contributed by atoms with E-state index in [4.69, 9.17) is 15.0 Å². The van der Waals surface area contributed by atoms with Gasteiger partial charge in [-0.15, -0.1) is 0 Å². The molecule has 0 aromatic rings. The smallest absolute Gasteiger partial charge is 0.870 e. The molecule has 6 heavy (non-hydrogen) atoms. The van der Waals surface area contributed by atoms with E-state index in [1.165, 1.54) is 0 Å². The zero-order valence-electron chi connectivity index (χ0n) is 2.51. The first kappa shape index (κ1) is 17.2. The van der Waals surface area contributed by atoms with Gasteiger partial charge in [-0.1, -0.05) is 0 Å². The summed E-state index contributed by atoms with van der Waals surface area (Å²) in [5.74, 6) is 0. The SMILES string of the molecule is O=C([O-])O.[Cu+2].[OH-]. The van der Waals surface area contributed by atoms with Gasteiger partial charge in [0.25, 0.3) is 0 Å². The van der Waals surface area contributed by atoms with Gasteiger partial charge in [0, 0.05) is 0 Å². The Morgan fingerprint density at radius 1 is 1.67 bits per heavy atom. The van der Waals surface area contributed by atoms with Crippen LogP contribution in [0.3, 0.4) is 0 Å². The predicted octanol–water partition coefficient (Wildman–Crippen LogP) is -1.29. The molecular weight excluding hydrogens is 140 g/mol. The van der Waals surface area contributed by atoms with Crippen LogP contribution in [0.2, 0.25) is 0 Å². The molecule has 0 aliphatic heterocycles. The quantitative estimate of drug-likeness (QED) is 0.425. The number of carboxylic acid groups (broad SMARTS) is 2. The summed E-state index contributed by atoms with van der Waals surface area (Å²) in [6, 6.07) is 0. The number of carbonyl (C=O) groups is 1. The van der Waals surface area contributed by atoms with Crippen molar-refractivity contribution in [3.8, 4) is 0 Å². The third kappa shape index (κ3) is 452. The maximum Gasteiger partial charge on any atom is 2.00 e. The second-order valence-electron chi connectivity index (χ2n) is 0.266. The van der Waals surface area contributed by atoms with Gasteiger partial charge < -0.3 is 20.5 Å². The Morgan fingerprint density at radius 2 is 1.67 bits per heavy atom. The van der Waals surface area contributed by atoms with Gasteiger partial charge in [-0.3, -0.25) is 0 Å². The van der Waals surface area contributed by atoms with Gasteiger partial charge in [0.2, 0.25) is 6.16 Å². The number of rotatable bonds is 0. The van der Waals surface area contributed by atoms with Crippen LogP contribution in [0.5, 0.6) is 0 Å². The molecule has 41 valence electrons. The Bertz CT molecular complexity index is 30.5. The molecule has 0 amide bonds. The zero-order chi connectivity index (χ0) is 3.58. The summed E-state index contributed by atoms with van der Waals surface area (Å²) in [4.78, 5) is 8.44. The molecule has 0 aromatic carbocycles. The van der Waals surface area contributed by atoms with E-state index in [0.29, 0.717) is 0 Å². The first-order valence-electron chi connectivity index (χ1n) is 0.632. The molecule has 4 nitrogen and oxygen atoms in total. The van der Waals surface area contributed by atoms with Crippen LogP contribution >= 0.6 is 0 Å². The fourth-order valence-electron chi connectivity index (χ4n) is 0. The summed E-state index contributed by atoms with van der Waals surface area (Å²) in [6.07, 6.45) is -2.08. The van der Waals surface area contributed by atoms with Crippen LogP contribution in [0.1, 0.15) is 0 Å². The average molecular weight is 142 g/mol. The van der Waals surface area contributed by atoms with Crippen LogP contribution in [-0.4, -0.2) is 16.7 Å². The zero-order valence-corrected chi connectivity index (χ0v) is 3.45. The van der Waals surface area contributed by atoms with E-state index < -0.39 is 6.16 Å². The van der Waals surface area contributed by atoms with Gasteiger partial charge in [0.1, 0.15) is 0 Å². The second kappa shape index (κ2) is 8.83. The van der Waals surface area contributed by atoms with E-state index in [1.807, 2.05) is 0 Å². The van der Waals surface area contributed by atoms with Crippen molar-refractivity contribution >= 4 is 6.16 Å². The van der Waals surface area contributed by atoms with E-state index in [-0.39, 0.29) is 22.5 Å². The molecule has 0 aliphatic rings. The van der Waals surface area contributed by atoms with Crippen LogP contribution in [0.25, 0.3) is 0 Å². The predicted molar refractivity (Wildman–Crippen MR) is 9.96 cm³/mol. The number of hydrogen-bond acceptors (Lipinski definition) is 3. The van der Waals surface area contributed by atoms with Crippen molar-refractivity contribution in [3.63, 3.8) is 0 Å². The van der Waals surface area contributed by atoms with E-state index in [1.54, 1.807) is 0 Å². The third-order valence-corrected chi connectivity index (χ3v) is 0. The third-order valence-electron chi connectivity index (χ3n) is 0. The molecule has 1 radical (unpaired) electrons. The van der Waals surface area contributed by atoms with E-state index in [0.717, 1.165) is 0 Å². The molecule has 0 aliphatic carbocycles. The van der Waals surface area contributed by atoms with Gasteiger partial charge in [0.15, 0.2) is 0 Å². The molecule has 0 saturated heterocycles. The van der Waals surface area contributed by atoms with E-state index in [2.05, 4.69) is 0 Å². The van der Waals surface area contributed by atoms with Gasteiger partial charge in [-0.2, -0.15) is 0 Å². The average Bonchev–Trinajstić information content (AvgIpc) is 0.811. The summed E-state index contributed by atoms with van der Waals surface area (Å²) in [5, 5.41) is 15.3. The molecular formula is CH2CuO4. The van der Waals surface area contributed by atoms with Crippen molar-refractivity contribution in [1.29, 1.82) is 0 Å². The van der Waals surface area contributed by atoms with Crippen LogP contribution in [0, 0.1) is 0 Å². The molecule has 0 spiro atoms. The van der Waals surface area contributed by atoms with Crippen molar-refractivity contribution in [2.24, 2.45) is 0 Å². The van der Waals surface area contributed by atoms with Crippen molar-refractivity contribution in [2.75, 3.05) is 0 Å².